The second-order valence-electron chi connectivity index (χ2n) is 2.55. The number of nitriles is 1. The predicted octanol–water partition coefficient (Wildman–Crippen LogP) is 0.688. The van der Waals surface area contributed by atoms with Crippen molar-refractivity contribution in [3.05, 3.63) is 0 Å². The van der Waals surface area contributed by atoms with Gasteiger partial charge in [-0.2, -0.15) is 5.26 Å². The molecule has 0 aromatic carbocycles. The largest absolute Gasteiger partial charge is 0.396 e. The maximum atomic E-state index is 8.46. The highest BCUT2D eigenvalue weighted by atomic mass is 16.5. The first-order valence-electron chi connectivity index (χ1n) is 3.28. The van der Waals surface area contributed by atoms with E-state index >= 15 is 0 Å². The molecule has 0 bridgehead atoms. The lowest BCUT2D eigenvalue weighted by Crippen LogP contribution is -2.22. The molecule has 3 nitrogen and oxygen atoms in total. The normalized spacial score (nSPS) is 11.0. The van der Waals surface area contributed by atoms with Crippen LogP contribution in [0.1, 0.15) is 20.3 Å². The van der Waals surface area contributed by atoms with Gasteiger partial charge in [-0.1, -0.05) is 0 Å². The van der Waals surface area contributed by atoms with Gasteiger partial charge in [-0.15, -0.1) is 0 Å². The molecule has 0 aromatic heterocycles. The number of hydrogen-bond acceptors (Lipinski definition) is 3. The van der Waals surface area contributed by atoms with E-state index in [-0.39, 0.29) is 6.61 Å². The minimum atomic E-state index is -0.713. The highest BCUT2D eigenvalue weighted by molar-refractivity contribution is 4.93. The van der Waals surface area contributed by atoms with Crippen LogP contribution < -0.4 is 0 Å². The Balaban J connectivity index is 3.40. The summed E-state index contributed by atoms with van der Waals surface area (Å²) in [6, 6.07) is 2.00. The van der Waals surface area contributed by atoms with Crippen molar-refractivity contribution in [2.45, 2.75) is 25.9 Å². The van der Waals surface area contributed by atoms with E-state index in [0.29, 0.717) is 13.0 Å². The molecule has 0 aliphatic heterocycles. The molecule has 0 aliphatic carbocycles. The van der Waals surface area contributed by atoms with E-state index in [1.807, 2.05) is 6.07 Å². The summed E-state index contributed by atoms with van der Waals surface area (Å²) < 4.78 is 5.10. The van der Waals surface area contributed by atoms with Crippen LogP contribution in [-0.2, 0) is 4.74 Å². The van der Waals surface area contributed by atoms with Gasteiger partial charge >= 0.3 is 0 Å². The zero-order chi connectivity index (χ0) is 8.04. The van der Waals surface area contributed by atoms with Gasteiger partial charge in [0.2, 0.25) is 0 Å². The SMILES string of the molecule is CC(C)(C#N)OCCCO. The molecule has 0 rings (SSSR count). The summed E-state index contributed by atoms with van der Waals surface area (Å²) in [6.07, 6.45) is 0.588. The summed E-state index contributed by atoms with van der Waals surface area (Å²) >= 11 is 0. The first-order valence-corrected chi connectivity index (χ1v) is 3.28. The van der Waals surface area contributed by atoms with Gasteiger partial charge in [-0.25, -0.2) is 0 Å². The highest BCUT2D eigenvalue weighted by Gasteiger charge is 2.15. The van der Waals surface area contributed by atoms with Gasteiger partial charge in [0, 0.05) is 6.61 Å². The van der Waals surface area contributed by atoms with E-state index in [0.717, 1.165) is 0 Å². The van der Waals surface area contributed by atoms with Crippen LogP contribution in [0.4, 0.5) is 0 Å². The molecule has 3 heteroatoms. The lowest BCUT2D eigenvalue weighted by molar-refractivity contribution is 0.0181. The molecule has 1 N–H and O–H groups in total. The lowest BCUT2D eigenvalue weighted by atomic mass is 10.2. The Hall–Kier alpha value is -0.590. The standard InChI is InChI=1S/C7H13NO2/c1-7(2,6-8)10-5-3-4-9/h9H,3-5H2,1-2H3. The number of hydrogen-bond donors (Lipinski definition) is 1. The molecule has 58 valence electrons. The zero-order valence-corrected chi connectivity index (χ0v) is 6.42. The highest BCUT2D eigenvalue weighted by Crippen LogP contribution is 2.06. The number of aliphatic hydroxyl groups excluding tert-OH is 1. The third-order valence-corrected chi connectivity index (χ3v) is 1.03. The molecule has 0 saturated carbocycles. The maximum absolute atomic E-state index is 8.46. The van der Waals surface area contributed by atoms with Gasteiger partial charge in [-0.3, -0.25) is 0 Å². The van der Waals surface area contributed by atoms with Crippen LogP contribution in [0.15, 0.2) is 0 Å². The van der Waals surface area contributed by atoms with Crippen molar-refractivity contribution < 1.29 is 9.84 Å². The third-order valence-electron chi connectivity index (χ3n) is 1.03. The fraction of sp³-hybridized carbons (Fsp3) is 0.857. The van der Waals surface area contributed by atoms with Crippen molar-refractivity contribution in [3.8, 4) is 6.07 Å². The summed E-state index contributed by atoms with van der Waals surface area (Å²) in [5.41, 5.74) is -0.713. The van der Waals surface area contributed by atoms with Crippen LogP contribution in [0.5, 0.6) is 0 Å². The van der Waals surface area contributed by atoms with Gasteiger partial charge in [0.25, 0.3) is 0 Å². The number of ether oxygens (including phenoxy) is 1. The second-order valence-corrected chi connectivity index (χ2v) is 2.55. The Bertz CT molecular complexity index is 126. The fourth-order valence-electron chi connectivity index (χ4n) is 0.424. The zero-order valence-electron chi connectivity index (χ0n) is 6.42. The fourth-order valence-corrected chi connectivity index (χ4v) is 0.424. The number of aliphatic hydroxyl groups is 1. The minimum absolute atomic E-state index is 0.113. The third kappa shape index (κ3) is 4.30. The van der Waals surface area contributed by atoms with Crippen LogP contribution in [0.25, 0.3) is 0 Å². The van der Waals surface area contributed by atoms with Gasteiger partial charge in [0.1, 0.15) is 5.60 Å². The molecular weight excluding hydrogens is 130 g/mol. The topological polar surface area (TPSA) is 53.2 Å². The van der Waals surface area contributed by atoms with Crippen LogP contribution in [0, 0.1) is 11.3 Å². The molecule has 10 heavy (non-hydrogen) atoms. The van der Waals surface area contributed by atoms with E-state index in [1.165, 1.54) is 0 Å². The Labute approximate surface area is 61.2 Å². The lowest BCUT2D eigenvalue weighted by Gasteiger charge is -2.15. The predicted molar refractivity (Wildman–Crippen MR) is 37.3 cm³/mol. The molecule has 0 atom stereocenters. The van der Waals surface area contributed by atoms with Crippen LogP contribution >= 0.6 is 0 Å². The van der Waals surface area contributed by atoms with Crippen LogP contribution in [-0.4, -0.2) is 23.9 Å². The Morgan fingerprint density at radius 1 is 1.60 bits per heavy atom. The quantitative estimate of drug-likeness (QED) is 0.589. The van der Waals surface area contributed by atoms with E-state index < -0.39 is 5.60 Å². The van der Waals surface area contributed by atoms with Crippen molar-refractivity contribution in [1.29, 1.82) is 5.26 Å². The summed E-state index contributed by atoms with van der Waals surface area (Å²) in [6.45, 7) is 3.95. The summed E-state index contributed by atoms with van der Waals surface area (Å²) in [4.78, 5) is 0. The van der Waals surface area contributed by atoms with Gasteiger partial charge in [-0.05, 0) is 20.3 Å². The summed E-state index contributed by atoms with van der Waals surface area (Å²) in [5, 5.41) is 16.8. The van der Waals surface area contributed by atoms with Crippen LogP contribution in [0.2, 0.25) is 0 Å². The van der Waals surface area contributed by atoms with E-state index in [1.54, 1.807) is 13.8 Å². The first-order chi connectivity index (χ1) is 4.62. The Kier molecular flexibility index (Phi) is 4.01. The summed E-state index contributed by atoms with van der Waals surface area (Å²) in [7, 11) is 0. The number of nitrogens with zero attached hydrogens (tertiary/aromatic N) is 1. The molecule has 0 spiro atoms. The molecule has 0 radical (unpaired) electrons. The van der Waals surface area contributed by atoms with E-state index in [2.05, 4.69) is 0 Å². The molecule has 0 fully saturated rings. The maximum Gasteiger partial charge on any atom is 0.148 e. The number of rotatable bonds is 4. The van der Waals surface area contributed by atoms with Gasteiger partial charge in [0.05, 0.1) is 12.7 Å². The van der Waals surface area contributed by atoms with Crippen molar-refractivity contribution in [1.82, 2.24) is 0 Å². The molecule has 0 aromatic rings. The van der Waals surface area contributed by atoms with Crippen molar-refractivity contribution >= 4 is 0 Å². The minimum Gasteiger partial charge on any atom is -0.396 e. The second kappa shape index (κ2) is 4.26. The van der Waals surface area contributed by atoms with Crippen molar-refractivity contribution in [2.75, 3.05) is 13.2 Å². The van der Waals surface area contributed by atoms with Gasteiger partial charge in [0.15, 0.2) is 0 Å². The van der Waals surface area contributed by atoms with Crippen molar-refractivity contribution in [2.24, 2.45) is 0 Å². The molecule has 0 heterocycles. The Morgan fingerprint density at radius 3 is 2.60 bits per heavy atom. The van der Waals surface area contributed by atoms with E-state index in [4.69, 9.17) is 15.1 Å². The molecule has 0 aliphatic rings. The molecule has 0 saturated heterocycles. The van der Waals surface area contributed by atoms with Crippen LogP contribution in [0.3, 0.4) is 0 Å². The Morgan fingerprint density at radius 2 is 2.20 bits per heavy atom. The van der Waals surface area contributed by atoms with E-state index in [9.17, 15) is 0 Å². The first kappa shape index (κ1) is 9.41. The molecule has 0 unspecified atom stereocenters. The summed E-state index contributed by atoms with van der Waals surface area (Å²) in [5.74, 6) is 0. The van der Waals surface area contributed by atoms with Crippen molar-refractivity contribution in [3.63, 3.8) is 0 Å². The smallest absolute Gasteiger partial charge is 0.148 e. The molecular formula is C7H13NO2. The average molecular weight is 143 g/mol. The molecule has 0 amide bonds. The average Bonchev–Trinajstić information content (AvgIpc) is 1.89. The van der Waals surface area contributed by atoms with Gasteiger partial charge < -0.3 is 9.84 Å². The monoisotopic (exact) mass is 143 g/mol.